The topological polar surface area (TPSA) is 30.9 Å². The molecule has 0 aromatic carbocycles. The van der Waals surface area contributed by atoms with Crippen molar-refractivity contribution in [1.29, 1.82) is 0 Å². The number of hydrazone groups is 1. The largest absolute Gasteiger partial charge is 0.451 e. The Morgan fingerprint density at radius 3 is 1.95 bits per heavy atom. The molecule has 0 aliphatic carbocycles. The smallest absolute Gasteiger partial charge is 0.353 e. The standard InChI is InChI=1S/C12H25F3N4/c1-5-7-19(8-6-2)10-9-18(4)11(17-16-3)12(13,14)15/h16H,5-10H2,1-4H3/b17-11-. The normalized spacial score (nSPS) is 12.9. The summed E-state index contributed by atoms with van der Waals surface area (Å²) in [6, 6.07) is 0. The highest BCUT2D eigenvalue weighted by molar-refractivity contribution is 5.87. The van der Waals surface area contributed by atoms with Crippen LogP contribution in [0.4, 0.5) is 13.2 Å². The van der Waals surface area contributed by atoms with Gasteiger partial charge < -0.3 is 15.2 Å². The van der Waals surface area contributed by atoms with Gasteiger partial charge in [-0.1, -0.05) is 13.8 Å². The average Bonchev–Trinajstić information content (AvgIpc) is 2.31. The van der Waals surface area contributed by atoms with Crippen LogP contribution in [0.2, 0.25) is 0 Å². The molecule has 0 amide bonds. The number of halogens is 3. The third-order valence-corrected chi connectivity index (χ3v) is 2.66. The summed E-state index contributed by atoms with van der Waals surface area (Å²) in [5, 5.41) is 3.31. The maximum absolute atomic E-state index is 12.8. The molecule has 19 heavy (non-hydrogen) atoms. The van der Waals surface area contributed by atoms with Crippen LogP contribution in [0.5, 0.6) is 0 Å². The maximum atomic E-state index is 12.8. The summed E-state index contributed by atoms with van der Waals surface area (Å²) >= 11 is 0. The predicted molar refractivity (Wildman–Crippen MR) is 72.2 cm³/mol. The van der Waals surface area contributed by atoms with Crippen LogP contribution in [0.3, 0.4) is 0 Å². The fourth-order valence-electron chi connectivity index (χ4n) is 1.84. The second-order valence-electron chi connectivity index (χ2n) is 4.42. The number of amidine groups is 1. The second-order valence-corrected chi connectivity index (χ2v) is 4.42. The molecule has 0 heterocycles. The van der Waals surface area contributed by atoms with Gasteiger partial charge in [0.25, 0.3) is 0 Å². The zero-order valence-electron chi connectivity index (χ0n) is 12.2. The Hall–Kier alpha value is -0.980. The highest BCUT2D eigenvalue weighted by Crippen LogP contribution is 2.18. The van der Waals surface area contributed by atoms with Crippen LogP contribution in [0.25, 0.3) is 0 Å². The van der Waals surface area contributed by atoms with Crippen molar-refractivity contribution in [3.63, 3.8) is 0 Å². The number of alkyl halides is 3. The first-order valence-corrected chi connectivity index (χ1v) is 6.61. The molecule has 0 fully saturated rings. The van der Waals surface area contributed by atoms with Crippen molar-refractivity contribution in [1.82, 2.24) is 15.2 Å². The van der Waals surface area contributed by atoms with E-state index >= 15 is 0 Å². The number of hydrogen-bond donors (Lipinski definition) is 1. The van der Waals surface area contributed by atoms with E-state index in [2.05, 4.69) is 29.3 Å². The molecular formula is C12H25F3N4. The molecule has 0 saturated carbocycles. The van der Waals surface area contributed by atoms with E-state index in [0.29, 0.717) is 13.1 Å². The minimum Gasteiger partial charge on any atom is -0.353 e. The van der Waals surface area contributed by atoms with Gasteiger partial charge in [-0.3, -0.25) is 0 Å². The molecule has 114 valence electrons. The fourth-order valence-corrected chi connectivity index (χ4v) is 1.84. The number of nitrogens with zero attached hydrogens (tertiary/aromatic N) is 3. The van der Waals surface area contributed by atoms with E-state index in [4.69, 9.17) is 0 Å². The summed E-state index contributed by atoms with van der Waals surface area (Å²) in [7, 11) is 2.78. The van der Waals surface area contributed by atoms with Crippen LogP contribution in [0.1, 0.15) is 26.7 Å². The van der Waals surface area contributed by atoms with Crippen LogP contribution in [-0.4, -0.2) is 62.1 Å². The Morgan fingerprint density at radius 1 is 1.05 bits per heavy atom. The van der Waals surface area contributed by atoms with Crippen LogP contribution in [0, 0.1) is 0 Å². The van der Waals surface area contributed by atoms with Gasteiger partial charge >= 0.3 is 6.18 Å². The monoisotopic (exact) mass is 282 g/mol. The van der Waals surface area contributed by atoms with Gasteiger partial charge in [0.05, 0.1) is 0 Å². The van der Waals surface area contributed by atoms with E-state index < -0.39 is 12.0 Å². The molecule has 4 nitrogen and oxygen atoms in total. The number of likely N-dealkylation sites (N-methyl/N-ethyl adjacent to an activating group) is 1. The molecular weight excluding hydrogens is 257 g/mol. The van der Waals surface area contributed by atoms with Crippen LogP contribution < -0.4 is 5.43 Å². The first-order chi connectivity index (χ1) is 8.86. The predicted octanol–water partition coefficient (Wildman–Crippen LogP) is 2.14. The zero-order valence-corrected chi connectivity index (χ0v) is 12.2. The molecule has 0 saturated heterocycles. The summed E-state index contributed by atoms with van der Waals surface area (Å²) in [4.78, 5) is 3.32. The summed E-state index contributed by atoms with van der Waals surface area (Å²) in [6.07, 6.45) is -2.43. The van der Waals surface area contributed by atoms with Crippen molar-refractivity contribution in [3.05, 3.63) is 0 Å². The Balaban J connectivity index is 4.47. The van der Waals surface area contributed by atoms with E-state index in [1.54, 1.807) is 0 Å². The summed E-state index contributed by atoms with van der Waals surface area (Å²) < 4.78 is 38.3. The van der Waals surface area contributed by atoms with Gasteiger partial charge in [-0.15, -0.1) is 0 Å². The Labute approximate surface area is 113 Å². The molecule has 0 aromatic rings. The van der Waals surface area contributed by atoms with Crippen molar-refractivity contribution in [2.45, 2.75) is 32.9 Å². The van der Waals surface area contributed by atoms with Crippen LogP contribution in [0.15, 0.2) is 5.10 Å². The number of nitrogens with one attached hydrogen (secondary N) is 1. The van der Waals surface area contributed by atoms with Crippen LogP contribution >= 0.6 is 0 Å². The molecule has 0 aliphatic heterocycles. The van der Waals surface area contributed by atoms with Gasteiger partial charge in [0.2, 0.25) is 5.84 Å². The van der Waals surface area contributed by atoms with E-state index in [1.807, 2.05) is 0 Å². The Bertz CT molecular complexity index is 260. The van der Waals surface area contributed by atoms with E-state index in [1.165, 1.54) is 14.1 Å². The molecule has 0 atom stereocenters. The molecule has 0 rings (SSSR count). The van der Waals surface area contributed by atoms with Gasteiger partial charge in [-0.2, -0.15) is 18.3 Å². The summed E-state index contributed by atoms with van der Waals surface area (Å²) in [5.74, 6) is -0.886. The highest BCUT2D eigenvalue weighted by atomic mass is 19.4. The second kappa shape index (κ2) is 9.01. The van der Waals surface area contributed by atoms with Crippen molar-refractivity contribution >= 4 is 5.84 Å². The van der Waals surface area contributed by atoms with Crippen molar-refractivity contribution in [2.75, 3.05) is 40.3 Å². The fraction of sp³-hybridized carbons (Fsp3) is 0.917. The summed E-state index contributed by atoms with van der Waals surface area (Å²) in [6.45, 7) is 6.86. The Kier molecular flexibility index (Phi) is 8.54. The lowest BCUT2D eigenvalue weighted by atomic mass is 10.3. The minimum absolute atomic E-state index is 0.306. The molecule has 0 radical (unpaired) electrons. The molecule has 7 heteroatoms. The van der Waals surface area contributed by atoms with Gasteiger partial charge in [-0.05, 0) is 25.9 Å². The molecule has 1 N–H and O–H groups in total. The summed E-state index contributed by atoms with van der Waals surface area (Å²) in [5.41, 5.74) is 2.21. The third-order valence-electron chi connectivity index (χ3n) is 2.66. The molecule has 0 aromatic heterocycles. The maximum Gasteiger partial charge on any atom is 0.451 e. The lowest BCUT2D eigenvalue weighted by Crippen LogP contribution is -2.43. The third kappa shape index (κ3) is 7.25. The highest BCUT2D eigenvalue weighted by Gasteiger charge is 2.38. The SMILES string of the molecule is CCCN(CCC)CCN(C)/C(=N\NC)C(F)(F)F. The van der Waals surface area contributed by atoms with Crippen molar-refractivity contribution in [2.24, 2.45) is 5.10 Å². The molecule has 0 unspecified atom stereocenters. The minimum atomic E-state index is -4.43. The van der Waals surface area contributed by atoms with Crippen molar-refractivity contribution in [3.8, 4) is 0 Å². The van der Waals surface area contributed by atoms with Crippen molar-refractivity contribution < 1.29 is 13.2 Å². The first-order valence-electron chi connectivity index (χ1n) is 6.61. The van der Waals surface area contributed by atoms with Gasteiger partial charge in [-0.25, -0.2) is 0 Å². The Morgan fingerprint density at radius 2 is 1.58 bits per heavy atom. The lowest BCUT2D eigenvalue weighted by molar-refractivity contribution is -0.0685. The molecule has 0 aliphatic rings. The van der Waals surface area contributed by atoms with Gasteiger partial charge in [0.15, 0.2) is 0 Å². The lowest BCUT2D eigenvalue weighted by Gasteiger charge is -2.27. The van der Waals surface area contributed by atoms with E-state index in [9.17, 15) is 13.2 Å². The van der Waals surface area contributed by atoms with E-state index in [-0.39, 0.29) is 0 Å². The quantitative estimate of drug-likeness (QED) is 0.420. The van der Waals surface area contributed by atoms with Crippen LogP contribution in [-0.2, 0) is 0 Å². The zero-order chi connectivity index (χ0) is 14.9. The number of hydrogen-bond acceptors (Lipinski definition) is 3. The first kappa shape index (κ1) is 18.0. The average molecular weight is 282 g/mol. The van der Waals surface area contributed by atoms with Gasteiger partial charge in [0.1, 0.15) is 0 Å². The molecule has 0 bridgehead atoms. The number of rotatable bonds is 8. The van der Waals surface area contributed by atoms with Gasteiger partial charge in [0, 0.05) is 27.2 Å². The molecule has 0 spiro atoms. The van der Waals surface area contributed by atoms with E-state index in [0.717, 1.165) is 30.8 Å².